The van der Waals surface area contributed by atoms with Gasteiger partial charge in [0.2, 0.25) is 5.13 Å². The molecule has 2 aromatic rings. The van der Waals surface area contributed by atoms with Crippen molar-refractivity contribution in [3.05, 3.63) is 27.7 Å². The van der Waals surface area contributed by atoms with Crippen molar-refractivity contribution in [1.29, 1.82) is 0 Å². The van der Waals surface area contributed by atoms with Gasteiger partial charge in [-0.05, 0) is 24.4 Å². The molecule has 0 saturated heterocycles. The van der Waals surface area contributed by atoms with Crippen LogP contribution in [0.25, 0.3) is 0 Å². The van der Waals surface area contributed by atoms with Crippen LogP contribution in [-0.4, -0.2) is 30.6 Å². The zero-order valence-electron chi connectivity index (χ0n) is 9.84. The Labute approximate surface area is 113 Å². The maximum absolute atomic E-state index is 5.18. The average molecular weight is 281 g/mol. The molecule has 5 nitrogen and oxygen atoms in total. The van der Waals surface area contributed by atoms with Crippen molar-refractivity contribution in [2.45, 2.75) is 0 Å². The Morgan fingerprint density at radius 3 is 2.44 bits per heavy atom. The van der Waals surface area contributed by atoms with E-state index in [1.54, 1.807) is 26.5 Å². The van der Waals surface area contributed by atoms with Crippen LogP contribution in [0.15, 0.2) is 23.2 Å². The van der Waals surface area contributed by atoms with Gasteiger partial charge in [0.15, 0.2) is 3.95 Å². The molecular weight excluding hydrogens is 270 g/mol. The quantitative estimate of drug-likeness (QED) is 0.691. The summed E-state index contributed by atoms with van der Waals surface area (Å²) in [6.07, 6.45) is 1.69. The third-order valence-electron chi connectivity index (χ3n) is 2.12. The van der Waals surface area contributed by atoms with Crippen molar-refractivity contribution >= 4 is 34.9 Å². The predicted octanol–water partition coefficient (Wildman–Crippen LogP) is 2.97. The van der Waals surface area contributed by atoms with Crippen molar-refractivity contribution in [2.75, 3.05) is 14.2 Å². The highest BCUT2D eigenvalue weighted by Crippen LogP contribution is 2.22. The van der Waals surface area contributed by atoms with Crippen LogP contribution in [0.3, 0.4) is 0 Å². The molecule has 1 aromatic carbocycles. The molecule has 1 heterocycles. The fourth-order valence-electron chi connectivity index (χ4n) is 1.31. The first-order valence-electron chi connectivity index (χ1n) is 5.04. The second kappa shape index (κ2) is 5.74. The number of benzene rings is 1. The minimum atomic E-state index is 0.585. The number of aromatic nitrogens is 2. The third-order valence-corrected chi connectivity index (χ3v) is 3.12. The smallest absolute Gasteiger partial charge is 0.230 e. The normalized spacial score (nSPS) is 10.8. The van der Waals surface area contributed by atoms with Crippen LogP contribution in [0.1, 0.15) is 5.56 Å². The maximum atomic E-state index is 5.18. The highest BCUT2D eigenvalue weighted by Gasteiger charge is 2.00. The number of ether oxygens (including phenoxy) is 2. The molecule has 0 spiro atoms. The minimum Gasteiger partial charge on any atom is -0.497 e. The molecule has 0 unspecified atom stereocenters. The molecule has 94 valence electrons. The van der Waals surface area contributed by atoms with Crippen LogP contribution < -0.4 is 9.47 Å². The van der Waals surface area contributed by atoms with E-state index in [-0.39, 0.29) is 0 Å². The molecule has 0 bridgehead atoms. The summed E-state index contributed by atoms with van der Waals surface area (Å²) in [6.45, 7) is 0. The van der Waals surface area contributed by atoms with E-state index in [2.05, 4.69) is 15.2 Å². The summed E-state index contributed by atoms with van der Waals surface area (Å²) >= 11 is 6.24. The van der Waals surface area contributed by atoms with Gasteiger partial charge in [0, 0.05) is 17.8 Å². The first-order valence-corrected chi connectivity index (χ1v) is 6.26. The van der Waals surface area contributed by atoms with E-state index in [4.69, 9.17) is 21.7 Å². The lowest BCUT2D eigenvalue weighted by atomic mass is 10.2. The molecule has 7 heteroatoms. The summed E-state index contributed by atoms with van der Waals surface area (Å²) in [5, 5.41) is 7.20. The Bertz CT molecular complexity index is 596. The molecule has 1 N–H and O–H groups in total. The Hall–Kier alpha value is -1.73. The van der Waals surface area contributed by atoms with Gasteiger partial charge in [-0.25, -0.2) is 4.99 Å². The molecule has 0 saturated carbocycles. The first-order chi connectivity index (χ1) is 8.71. The van der Waals surface area contributed by atoms with E-state index >= 15 is 0 Å². The van der Waals surface area contributed by atoms with E-state index in [0.717, 1.165) is 5.56 Å². The molecule has 18 heavy (non-hydrogen) atoms. The lowest BCUT2D eigenvalue weighted by molar-refractivity contribution is 0.394. The van der Waals surface area contributed by atoms with Gasteiger partial charge in [-0.2, -0.15) is 0 Å². The predicted molar refractivity (Wildman–Crippen MR) is 74.1 cm³/mol. The molecule has 0 atom stereocenters. The number of nitrogens with zero attached hydrogens (tertiary/aromatic N) is 2. The van der Waals surface area contributed by atoms with Crippen LogP contribution in [0, 0.1) is 3.95 Å². The topological polar surface area (TPSA) is 59.5 Å². The highest BCUT2D eigenvalue weighted by atomic mass is 32.1. The fraction of sp³-hybridized carbons (Fsp3) is 0.182. The van der Waals surface area contributed by atoms with Crippen LogP contribution in [-0.2, 0) is 0 Å². The largest absolute Gasteiger partial charge is 0.497 e. The van der Waals surface area contributed by atoms with Gasteiger partial charge in [0.1, 0.15) is 11.5 Å². The van der Waals surface area contributed by atoms with Gasteiger partial charge in [-0.1, -0.05) is 11.3 Å². The first kappa shape index (κ1) is 12.7. The molecule has 0 aliphatic carbocycles. The molecular formula is C11H11N3O2S2. The van der Waals surface area contributed by atoms with Crippen LogP contribution >= 0.6 is 23.6 Å². The Balaban J connectivity index is 2.27. The lowest BCUT2D eigenvalue weighted by Gasteiger charge is -2.05. The third kappa shape index (κ3) is 3.14. The molecule has 0 aliphatic rings. The molecule has 0 fully saturated rings. The van der Waals surface area contributed by atoms with E-state index in [9.17, 15) is 0 Å². The van der Waals surface area contributed by atoms with Gasteiger partial charge in [-0.3, -0.25) is 5.10 Å². The van der Waals surface area contributed by atoms with E-state index in [1.807, 2.05) is 12.1 Å². The number of hydrogen-bond donors (Lipinski definition) is 1. The van der Waals surface area contributed by atoms with E-state index in [0.29, 0.717) is 20.6 Å². The Morgan fingerprint density at radius 2 is 1.94 bits per heavy atom. The van der Waals surface area contributed by atoms with Gasteiger partial charge in [0.05, 0.1) is 14.2 Å². The van der Waals surface area contributed by atoms with Crippen LogP contribution in [0.5, 0.6) is 11.5 Å². The van der Waals surface area contributed by atoms with Crippen LogP contribution in [0.2, 0.25) is 0 Å². The summed E-state index contributed by atoms with van der Waals surface area (Å²) in [7, 11) is 3.21. The van der Waals surface area contributed by atoms with Gasteiger partial charge >= 0.3 is 0 Å². The summed E-state index contributed by atoms with van der Waals surface area (Å²) in [6, 6.07) is 5.52. The second-order valence-corrected chi connectivity index (χ2v) is 4.94. The summed E-state index contributed by atoms with van der Waals surface area (Å²) in [4.78, 5) is 4.22. The summed E-state index contributed by atoms with van der Waals surface area (Å²) in [5.74, 6) is 1.43. The zero-order chi connectivity index (χ0) is 13.0. The summed E-state index contributed by atoms with van der Waals surface area (Å²) < 4.78 is 11.0. The van der Waals surface area contributed by atoms with Gasteiger partial charge in [-0.15, -0.1) is 5.10 Å². The maximum Gasteiger partial charge on any atom is 0.230 e. The number of rotatable bonds is 4. The highest BCUT2D eigenvalue weighted by molar-refractivity contribution is 7.73. The van der Waals surface area contributed by atoms with Gasteiger partial charge < -0.3 is 9.47 Å². The van der Waals surface area contributed by atoms with E-state index < -0.39 is 0 Å². The molecule has 0 amide bonds. The second-order valence-electron chi connectivity index (χ2n) is 3.30. The molecule has 1 aromatic heterocycles. The number of aliphatic imine (C=N–C) groups is 1. The van der Waals surface area contributed by atoms with Gasteiger partial charge in [0.25, 0.3) is 0 Å². The fourth-order valence-corrected chi connectivity index (χ4v) is 2.03. The number of aromatic amines is 1. The zero-order valence-corrected chi connectivity index (χ0v) is 11.5. The minimum absolute atomic E-state index is 0.585. The number of nitrogens with one attached hydrogen (secondary N) is 1. The van der Waals surface area contributed by atoms with Crippen molar-refractivity contribution in [2.24, 2.45) is 4.99 Å². The van der Waals surface area contributed by atoms with Crippen molar-refractivity contribution < 1.29 is 9.47 Å². The molecule has 0 aliphatic heterocycles. The van der Waals surface area contributed by atoms with Crippen molar-refractivity contribution in [1.82, 2.24) is 10.2 Å². The monoisotopic (exact) mass is 281 g/mol. The lowest BCUT2D eigenvalue weighted by Crippen LogP contribution is -1.90. The molecule has 0 radical (unpaired) electrons. The van der Waals surface area contributed by atoms with E-state index in [1.165, 1.54) is 11.3 Å². The average Bonchev–Trinajstić information content (AvgIpc) is 2.81. The van der Waals surface area contributed by atoms with Crippen molar-refractivity contribution in [3.8, 4) is 11.5 Å². The Morgan fingerprint density at radius 1 is 1.28 bits per heavy atom. The number of methoxy groups -OCH3 is 2. The van der Waals surface area contributed by atoms with Crippen LogP contribution in [0.4, 0.5) is 5.13 Å². The molecule has 2 rings (SSSR count). The SMILES string of the molecule is COc1cc(/C=N/c2n[nH]c(=S)s2)cc(OC)c1. The standard InChI is InChI=1S/C11H11N3O2S2/c1-15-8-3-7(4-9(5-8)16-2)6-12-10-13-14-11(17)18-10/h3-6H,1-2H3,(H,14,17)/b12-6+. The number of hydrogen-bond acceptors (Lipinski definition) is 6. The van der Waals surface area contributed by atoms with Crippen molar-refractivity contribution in [3.63, 3.8) is 0 Å². The summed E-state index contributed by atoms with van der Waals surface area (Å²) in [5.41, 5.74) is 0.868. The number of H-pyrrole nitrogens is 1. The Kier molecular flexibility index (Phi) is 4.06.